The first kappa shape index (κ1) is 20.9. The van der Waals surface area contributed by atoms with E-state index in [-0.39, 0.29) is 11.9 Å². The number of carbonyl (C=O) groups excluding carboxylic acids is 1. The molecule has 3 heterocycles. The molecule has 1 aromatic heterocycles. The maximum Gasteiger partial charge on any atom is 0.266 e. The Morgan fingerprint density at radius 2 is 1.72 bits per heavy atom. The van der Waals surface area contributed by atoms with Crippen LogP contribution in [0.4, 0.5) is 5.69 Å². The second kappa shape index (κ2) is 9.65. The number of hydrogen-bond donors (Lipinski definition) is 1. The molecule has 1 amide bonds. The van der Waals surface area contributed by atoms with Crippen molar-refractivity contribution in [1.29, 1.82) is 0 Å². The molecule has 0 aliphatic carbocycles. The average molecular weight is 446 g/mol. The van der Waals surface area contributed by atoms with E-state index in [0.717, 1.165) is 43.0 Å². The monoisotopic (exact) mass is 445 g/mol. The van der Waals surface area contributed by atoms with Crippen LogP contribution in [-0.4, -0.2) is 47.5 Å². The summed E-state index contributed by atoms with van der Waals surface area (Å²) in [4.78, 5) is 23.4. The van der Waals surface area contributed by atoms with Crippen LogP contribution >= 0.6 is 11.3 Å². The van der Waals surface area contributed by atoms with Gasteiger partial charge in [-0.3, -0.25) is 19.6 Å². The zero-order valence-corrected chi connectivity index (χ0v) is 18.7. The molecule has 2 aliphatic heterocycles. The minimum absolute atomic E-state index is 0.0473. The van der Waals surface area contributed by atoms with Gasteiger partial charge in [-0.1, -0.05) is 54.6 Å². The van der Waals surface area contributed by atoms with E-state index < -0.39 is 6.29 Å². The number of nitrogens with one attached hydrogen (secondary N) is 1. The highest BCUT2D eigenvalue weighted by Crippen LogP contribution is 2.26. The molecule has 7 heteroatoms. The number of hydrogen-bond acceptors (Lipinski definition) is 6. The lowest BCUT2D eigenvalue weighted by Gasteiger charge is -2.40. The second-order valence-electron chi connectivity index (χ2n) is 8.16. The van der Waals surface area contributed by atoms with Crippen molar-refractivity contribution >= 4 is 29.3 Å². The maximum atomic E-state index is 13.5. The van der Waals surface area contributed by atoms with E-state index in [0.29, 0.717) is 0 Å². The Morgan fingerprint density at radius 1 is 1.00 bits per heavy atom. The summed E-state index contributed by atoms with van der Waals surface area (Å²) in [6.07, 6.45) is 3.24. The van der Waals surface area contributed by atoms with E-state index in [1.54, 1.807) is 6.34 Å². The molecule has 0 radical (unpaired) electrons. The van der Waals surface area contributed by atoms with Gasteiger partial charge >= 0.3 is 0 Å². The summed E-state index contributed by atoms with van der Waals surface area (Å²) < 4.78 is 0. The highest BCUT2D eigenvalue weighted by molar-refractivity contribution is 7.12. The Hall–Kier alpha value is -3.00. The number of likely N-dealkylation sites (tertiary alicyclic amines) is 1. The van der Waals surface area contributed by atoms with Gasteiger partial charge in [0.25, 0.3) is 5.91 Å². The lowest BCUT2D eigenvalue weighted by Crippen LogP contribution is -2.56. The molecule has 164 valence electrons. The molecule has 1 saturated heterocycles. The topological polar surface area (TPSA) is 51.2 Å². The van der Waals surface area contributed by atoms with Crippen LogP contribution in [-0.2, 0) is 6.54 Å². The fraction of sp³-hybridized carbons (Fsp3) is 0.280. The quantitative estimate of drug-likeness (QED) is 0.618. The van der Waals surface area contributed by atoms with Gasteiger partial charge in [0, 0.05) is 25.7 Å². The SMILES string of the molecule is O=C(c1cccs1)N(C1CCN(Cc2ccccc2)CC1)C1N=CN(c2ccccc2)N1. The molecule has 1 atom stereocenters. The van der Waals surface area contributed by atoms with E-state index in [9.17, 15) is 4.79 Å². The number of anilines is 1. The van der Waals surface area contributed by atoms with Crippen molar-refractivity contribution < 1.29 is 4.79 Å². The number of benzene rings is 2. The first-order valence-electron chi connectivity index (χ1n) is 11.0. The normalized spacial score (nSPS) is 19.4. The third kappa shape index (κ3) is 4.60. The first-order chi connectivity index (χ1) is 15.8. The highest BCUT2D eigenvalue weighted by Gasteiger charge is 2.36. The minimum Gasteiger partial charge on any atom is -0.299 e. The molecule has 0 saturated carbocycles. The Morgan fingerprint density at radius 3 is 2.41 bits per heavy atom. The van der Waals surface area contributed by atoms with E-state index in [2.05, 4.69) is 45.6 Å². The first-order valence-corrected chi connectivity index (χ1v) is 11.9. The molecule has 2 aliphatic rings. The molecule has 32 heavy (non-hydrogen) atoms. The van der Waals surface area contributed by atoms with Crippen molar-refractivity contribution in [3.8, 4) is 0 Å². The fourth-order valence-corrected chi connectivity index (χ4v) is 5.05. The summed E-state index contributed by atoms with van der Waals surface area (Å²) in [6, 6.07) is 24.6. The van der Waals surface area contributed by atoms with Crippen LogP contribution in [0.25, 0.3) is 0 Å². The predicted octanol–water partition coefficient (Wildman–Crippen LogP) is 4.19. The van der Waals surface area contributed by atoms with Crippen molar-refractivity contribution in [1.82, 2.24) is 15.2 Å². The molecule has 0 spiro atoms. The Balaban J connectivity index is 1.29. The van der Waals surface area contributed by atoms with Gasteiger partial charge in [-0.25, -0.2) is 4.99 Å². The van der Waals surface area contributed by atoms with Crippen LogP contribution in [0.3, 0.4) is 0 Å². The molecule has 1 unspecified atom stereocenters. The molecular weight excluding hydrogens is 418 g/mol. The summed E-state index contributed by atoms with van der Waals surface area (Å²) >= 11 is 1.49. The van der Waals surface area contributed by atoms with Crippen LogP contribution < -0.4 is 10.4 Å². The predicted molar refractivity (Wildman–Crippen MR) is 130 cm³/mol. The van der Waals surface area contributed by atoms with Crippen molar-refractivity contribution in [2.45, 2.75) is 31.7 Å². The number of para-hydroxylation sites is 1. The van der Waals surface area contributed by atoms with Gasteiger partial charge in [0.1, 0.15) is 6.34 Å². The number of amides is 1. The van der Waals surface area contributed by atoms with Gasteiger partial charge in [0.2, 0.25) is 0 Å². The standard InChI is InChI=1S/C25H27N5OS/c31-24(23-12-7-17-32-23)30(25-26-19-29(27-25)21-10-5-2-6-11-21)22-13-15-28(16-14-22)18-20-8-3-1-4-9-20/h1-12,17,19,22,25,27H,13-16,18H2. The van der Waals surface area contributed by atoms with Crippen LogP contribution in [0.5, 0.6) is 0 Å². The zero-order chi connectivity index (χ0) is 21.8. The number of thiophene rings is 1. The smallest absolute Gasteiger partial charge is 0.266 e. The number of aliphatic imine (C=N–C) groups is 1. The van der Waals surface area contributed by atoms with Gasteiger partial charge in [-0.2, -0.15) is 5.43 Å². The van der Waals surface area contributed by atoms with Gasteiger partial charge in [-0.05, 0) is 42.0 Å². The third-order valence-corrected chi connectivity index (χ3v) is 6.90. The maximum absolute atomic E-state index is 13.5. The van der Waals surface area contributed by atoms with Crippen LogP contribution in [0.15, 0.2) is 83.2 Å². The largest absolute Gasteiger partial charge is 0.299 e. The Kier molecular flexibility index (Phi) is 6.29. The average Bonchev–Trinajstić information content (AvgIpc) is 3.55. The summed E-state index contributed by atoms with van der Waals surface area (Å²) in [7, 11) is 0. The fourth-order valence-electron chi connectivity index (χ4n) is 4.39. The molecule has 3 aromatic rings. The van der Waals surface area contributed by atoms with E-state index in [1.165, 1.54) is 16.9 Å². The Labute approximate surface area is 192 Å². The summed E-state index contributed by atoms with van der Waals surface area (Å²) in [5, 5.41) is 3.85. The third-order valence-electron chi connectivity index (χ3n) is 6.04. The van der Waals surface area contributed by atoms with Gasteiger partial charge < -0.3 is 0 Å². The Bertz CT molecular complexity index is 1030. The lowest BCUT2D eigenvalue weighted by molar-refractivity contribution is 0.0409. The molecule has 6 nitrogen and oxygen atoms in total. The highest BCUT2D eigenvalue weighted by atomic mass is 32.1. The zero-order valence-electron chi connectivity index (χ0n) is 17.9. The van der Waals surface area contributed by atoms with Crippen molar-refractivity contribution in [3.05, 3.63) is 88.6 Å². The van der Waals surface area contributed by atoms with E-state index in [1.807, 2.05) is 57.8 Å². The number of carbonyl (C=O) groups is 1. The lowest BCUT2D eigenvalue weighted by atomic mass is 10.0. The summed E-state index contributed by atoms with van der Waals surface area (Å²) in [6.45, 7) is 2.88. The number of rotatable bonds is 6. The number of nitrogens with zero attached hydrogens (tertiary/aromatic N) is 4. The second-order valence-corrected chi connectivity index (χ2v) is 9.10. The molecule has 1 N–H and O–H groups in total. The van der Waals surface area contributed by atoms with Crippen LogP contribution in [0, 0.1) is 0 Å². The van der Waals surface area contributed by atoms with Crippen molar-refractivity contribution in [2.24, 2.45) is 4.99 Å². The van der Waals surface area contributed by atoms with E-state index in [4.69, 9.17) is 0 Å². The minimum atomic E-state index is -0.407. The van der Waals surface area contributed by atoms with Crippen molar-refractivity contribution in [3.63, 3.8) is 0 Å². The van der Waals surface area contributed by atoms with Crippen LogP contribution in [0.2, 0.25) is 0 Å². The molecular formula is C25H27N5OS. The van der Waals surface area contributed by atoms with Gasteiger partial charge in [0.15, 0.2) is 6.29 Å². The van der Waals surface area contributed by atoms with Crippen molar-refractivity contribution in [2.75, 3.05) is 18.1 Å². The molecule has 2 aromatic carbocycles. The number of hydrazine groups is 1. The van der Waals surface area contributed by atoms with Gasteiger partial charge in [-0.15, -0.1) is 11.3 Å². The van der Waals surface area contributed by atoms with Crippen LogP contribution in [0.1, 0.15) is 28.1 Å². The molecule has 0 bridgehead atoms. The molecule has 5 rings (SSSR count). The number of piperidine rings is 1. The van der Waals surface area contributed by atoms with E-state index >= 15 is 0 Å². The summed E-state index contributed by atoms with van der Waals surface area (Å²) in [5.74, 6) is 0.0473. The van der Waals surface area contributed by atoms with Gasteiger partial charge in [0.05, 0.1) is 10.6 Å². The summed E-state index contributed by atoms with van der Waals surface area (Å²) in [5.41, 5.74) is 5.74. The molecule has 1 fully saturated rings.